The van der Waals surface area contributed by atoms with Crippen LogP contribution in [0.2, 0.25) is 0 Å². The van der Waals surface area contributed by atoms with Gasteiger partial charge >= 0.3 is 11.2 Å². The minimum Gasteiger partial charge on any atom is -0.841 e. The van der Waals surface area contributed by atoms with Gasteiger partial charge in [-0.25, -0.2) is 14.2 Å². The number of hydrogen-bond donors (Lipinski definition) is 0. The van der Waals surface area contributed by atoms with E-state index in [2.05, 4.69) is 0 Å². The second-order valence-electron chi connectivity index (χ2n) is 6.81. The van der Waals surface area contributed by atoms with Gasteiger partial charge in [-0.3, -0.25) is 0 Å². The van der Waals surface area contributed by atoms with Gasteiger partial charge in [-0.05, 0) is 29.8 Å². The Morgan fingerprint density at radius 1 is 0.857 bits per heavy atom. The summed E-state index contributed by atoms with van der Waals surface area (Å²) in [5, 5.41) is 14.3. The Labute approximate surface area is 158 Å². The van der Waals surface area contributed by atoms with Gasteiger partial charge in [-0.15, -0.1) is 0 Å². The first-order valence-electron chi connectivity index (χ1n) is 9.01. The highest BCUT2D eigenvalue weighted by Gasteiger charge is 2.27. The maximum Gasteiger partial charge on any atom is 0.350 e. The third-order valence-corrected chi connectivity index (χ3v) is 5.29. The summed E-state index contributed by atoms with van der Waals surface area (Å²) < 4.78 is 3.25. The molecule has 0 amide bonds. The fourth-order valence-corrected chi connectivity index (χ4v) is 4.09. The Balaban J connectivity index is 2.02. The minimum atomic E-state index is -0.324. The summed E-state index contributed by atoms with van der Waals surface area (Å²) in [7, 11) is 0. The Bertz CT molecular complexity index is 1590. The van der Waals surface area contributed by atoms with E-state index in [9.17, 15) is 9.90 Å². The molecule has 6 aromatic rings. The van der Waals surface area contributed by atoms with E-state index in [0.29, 0.717) is 27.8 Å². The highest BCUT2D eigenvalue weighted by molar-refractivity contribution is 6.03. The molecule has 0 aliphatic heterocycles. The molecule has 0 unspecified atom stereocenters. The lowest BCUT2D eigenvalue weighted by atomic mass is 10.1. The van der Waals surface area contributed by atoms with Gasteiger partial charge in [0.15, 0.2) is 11.0 Å². The zero-order valence-corrected chi connectivity index (χ0v) is 14.7. The van der Waals surface area contributed by atoms with Gasteiger partial charge in [0.05, 0.1) is 11.3 Å². The molecule has 5 nitrogen and oxygen atoms in total. The predicted molar refractivity (Wildman–Crippen MR) is 106 cm³/mol. The van der Waals surface area contributed by atoms with E-state index in [-0.39, 0.29) is 17.0 Å². The summed E-state index contributed by atoms with van der Waals surface area (Å²) in [4.78, 5) is 18.3. The molecule has 0 N–H and O–H groups in total. The zero-order valence-electron chi connectivity index (χ0n) is 14.7. The summed E-state index contributed by atoms with van der Waals surface area (Å²) in [6, 6.07) is 24.3. The second kappa shape index (κ2) is 5.27. The largest absolute Gasteiger partial charge is 0.841 e. The van der Waals surface area contributed by atoms with Crippen molar-refractivity contribution in [1.29, 1.82) is 0 Å². The first-order valence-corrected chi connectivity index (χ1v) is 9.01. The van der Waals surface area contributed by atoms with Gasteiger partial charge in [0.2, 0.25) is 0 Å². The first-order chi connectivity index (χ1) is 13.8. The molecule has 0 aliphatic carbocycles. The molecule has 0 aliphatic rings. The van der Waals surface area contributed by atoms with Gasteiger partial charge in [-0.2, -0.15) is 4.40 Å². The van der Waals surface area contributed by atoms with Crippen LogP contribution in [0.3, 0.4) is 0 Å². The molecule has 0 saturated carbocycles. The number of hydrogen-bond acceptors (Lipinski definition) is 3. The van der Waals surface area contributed by atoms with Crippen molar-refractivity contribution >= 4 is 33.1 Å². The van der Waals surface area contributed by atoms with Crippen LogP contribution in [0.25, 0.3) is 44.2 Å². The molecule has 0 atom stereocenters. The number of rotatable bonds is 1. The lowest BCUT2D eigenvalue weighted by Gasteiger charge is -2.12. The minimum absolute atomic E-state index is 0.164. The molecule has 3 heterocycles. The molecule has 6 rings (SSSR count). The number of para-hydroxylation sites is 3. The molecule has 0 bridgehead atoms. The second-order valence-corrected chi connectivity index (χ2v) is 6.81. The number of aromatic nitrogens is 3. The van der Waals surface area contributed by atoms with Crippen LogP contribution in [0, 0.1) is 0 Å². The van der Waals surface area contributed by atoms with E-state index in [4.69, 9.17) is 4.98 Å². The standard InChI is InChI=1S/C23H13N3O2/c27-22-19(14-8-2-1-3-9-14)23(28)26-18-13-7-5-11-16(18)24-20-15-10-4-6-12-17(15)25(22)21(20)26/h1-13H. The molecule has 3 aromatic carbocycles. The lowest BCUT2D eigenvalue weighted by molar-refractivity contribution is -0.562. The summed E-state index contributed by atoms with van der Waals surface area (Å²) in [6.45, 7) is 0. The van der Waals surface area contributed by atoms with Gasteiger partial charge < -0.3 is 5.11 Å². The van der Waals surface area contributed by atoms with Crippen molar-refractivity contribution in [1.82, 2.24) is 9.38 Å². The van der Waals surface area contributed by atoms with Crippen LogP contribution in [-0.2, 0) is 0 Å². The molecule has 3 aromatic heterocycles. The topological polar surface area (TPSA) is 61.5 Å². The summed E-state index contributed by atoms with van der Waals surface area (Å²) in [5.41, 5.74) is 3.78. The Hall–Kier alpha value is -3.99. The molecule has 0 fully saturated rings. The van der Waals surface area contributed by atoms with E-state index >= 15 is 0 Å². The van der Waals surface area contributed by atoms with Crippen molar-refractivity contribution in [2.24, 2.45) is 0 Å². The van der Waals surface area contributed by atoms with Crippen molar-refractivity contribution in [2.45, 2.75) is 0 Å². The van der Waals surface area contributed by atoms with Crippen molar-refractivity contribution in [3.05, 3.63) is 89.2 Å². The third kappa shape index (κ3) is 1.77. The fourth-order valence-electron chi connectivity index (χ4n) is 4.09. The highest BCUT2D eigenvalue weighted by atomic mass is 16.3. The number of benzene rings is 3. The number of fused-ring (bicyclic) bond motifs is 5. The van der Waals surface area contributed by atoms with Gasteiger partial charge in [0.25, 0.3) is 0 Å². The van der Waals surface area contributed by atoms with Crippen LogP contribution < -0.4 is 15.1 Å². The molecule has 28 heavy (non-hydrogen) atoms. The third-order valence-electron chi connectivity index (χ3n) is 5.29. The van der Waals surface area contributed by atoms with E-state index in [0.717, 1.165) is 10.9 Å². The van der Waals surface area contributed by atoms with Crippen LogP contribution in [0.1, 0.15) is 0 Å². The maximum atomic E-state index is 13.6. The van der Waals surface area contributed by atoms with E-state index in [1.807, 2.05) is 66.7 Å². The summed E-state index contributed by atoms with van der Waals surface area (Å²) >= 11 is 0. The van der Waals surface area contributed by atoms with Crippen LogP contribution >= 0.6 is 0 Å². The van der Waals surface area contributed by atoms with Crippen molar-refractivity contribution < 1.29 is 9.51 Å². The SMILES string of the molecule is O=c1c(-c2ccccc2)c([O-])[n+]2c3ccccc3c3nc4ccccc4n1c32. The molecule has 0 radical (unpaired) electrons. The van der Waals surface area contributed by atoms with Crippen molar-refractivity contribution in [3.8, 4) is 17.0 Å². The zero-order chi connectivity index (χ0) is 18.8. The molecule has 0 spiro atoms. The van der Waals surface area contributed by atoms with E-state index in [1.54, 1.807) is 20.9 Å². The van der Waals surface area contributed by atoms with Crippen molar-refractivity contribution in [2.75, 3.05) is 0 Å². The summed E-state index contributed by atoms with van der Waals surface area (Å²) in [6.07, 6.45) is 0. The van der Waals surface area contributed by atoms with E-state index < -0.39 is 0 Å². The quantitative estimate of drug-likeness (QED) is 0.333. The van der Waals surface area contributed by atoms with E-state index in [1.165, 1.54) is 0 Å². The first kappa shape index (κ1) is 15.1. The summed E-state index contributed by atoms with van der Waals surface area (Å²) in [5.74, 6) is -0.320. The Morgan fingerprint density at radius 3 is 2.43 bits per heavy atom. The maximum absolute atomic E-state index is 13.6. The van der Waals surface area contributed by atoms with Crippen LogP contribution in [0.4, 0.5) is 0 Å². The molecule has 0 saturated heterocycles. The molecular weight excluding hydrogens is 350 g/mol. The predicted octanol–water partition coefficient (Wildman–Crippen LogP) is 2.92. The van der Waals surface area contributed by atoms with Gasteiger partial charge in [-0.1, -0.05) is 54.6 Å². The van der Waals surface area contributed by atoms with Gasteiger partial charge in [0, 0.05) is 0 Å². The highest BCUT2D eigenvalue weighted by Crippen LogP contribution is 2.29. The molecule has 132 valence electrons. The van der Waals surface area contributed by atoms with Crippen LogP contribution in [0.5, 0.6) is 5.88 Å². The fraction of sp³-hybridized carbons (Fsp3) is 0. The Morgan fingerprint density at radius 2 is 1.57 bits per heavy atom. The smallest absolute Gasteiger partial charge is 0.350 e. The van der Waals surface area contributed by atoms with Crippen LogP contribution in [0.15, 0.2) is 83.7 Å². The number of nitrogens with zero attached hydrogens (tertiary/aromatic N) is 3. The van der Waals surface area contributed by atoms with Gasteiger partial charge in [0.1, 0.15) is 16.6 Å². The normalized spacial score (nSPS) is 11.9. The lowest BCUT2D eigenvalue weighted by Crippen LogP contribution is -2.35. The average Bonchev–Trinajstić information content (AvgIpc) is 3.06. The van der Waals surface area contributed by atoms with Crippen LogP contribution in [-0.4, -0.2) is 9.38 Å². The average molecular weight is 363 g/mol. The molecular formula is C23H13N3O2. The monoisotopic (exact) mass is 363 g/mol. The Kier molecular flexibility index (Phi) is 2.84. The van der Waals surface area contributed by atoms with Crippen molar-refractivity contribution in [3.63, 3.8) is 0 Å². The molecule has 5 heteroatoms.